The second kappa shape index (κ2) is 4.18. The van der Waals surface area contributed by atoms with Crippen molar-refractivity contribution in [3.8, 4) is 0 Å². The first-order valence-electron chi connectivity index (χ1n) is 5.35. The maximum absolute atomic E-state index is 11.8. The van der Waals surface area contributed by atoms with Gasteiger partial charge in [0, 0.05) is 5.92 Å². The molecule has 15 heavy (non-hydrogen) atoms. The van der Waals surface area contributed by atoms with Crippen molar-refractivity contribution in [3.05, 3.63) is 0 Å². The van der Waals surface area contributed by atoms with E-state index in [1.807, 2.05) is 0 Å². The van der Waals surface area contributed by atoms with E-state index in [1.54, 1.807) is 0 Å². The van der Waals surface area contributed by atoms with E-state index < -0.39 is 5.97 Å². The molecular weight excluding hydrogens is 198 g/mol. The van der Waals surface area contributed by atoms with E-state index in [2.05, 4.69) is 0 Å². The Morgan fingerprint density at radius 3 is 2.53 bits per heavy atom. The van der Waals surface area contributed by atoms with Gasteiger partial charge in [-0.2, -0.15) is 0 Å². The van der Waals surface area contributed by atoms with Crippen LogP contribution in [0.1, 0.15) is 25.7 Å². The molecular formula is C10H15NO4. The summed E-state index contributed by atoms with van der Waals surface area (Å²) in [5, 5.41) is 10.2. The Kier molecular flexibility index (Phi) is 2.90. The van der Waals surface area contributed by atoms with Gasteiger partial charge in [-0.3, -0.25) is 14.4 Å². The summed E-state index contributed by atoms with van der Waals surface area (Å²) in [6, 6.07) is 0. The molecule has 0 aromatic heterocycles. The van der Waals surface area contributed by atoms with Gasteiger partial charge in [-0.15, -0.1) is 0 Å². The Bertz CT molecular complexity index is 273. The molecule has 2 fully saturated rings. The van der Waals surface area contributed by atoms with E-state index in [4.69, 9.17) is 9.94 Å². The number of nitrogens with zero attached hydrogens (tertiary/aromatic N) is 1. The topological polar surface area (TPSA) is 66.8 Å². The molecule has 1 saturated carbocycles. The molecule has 0 radical (unpaired) electrons. The van der Waals surface area contributed by atoms with E-state index in [0.29, 0.717) is 32.4 Å². The number of carbonyl (C=O) groups is 2. The lowest BCUT2D eigenvalue weighted by atomic mass is 10.0. The summed E-state index contributed by atoms with van der Waals surface area (Å²) in [4.78, 5) is 27.7. The van der Waals surface area contributed by atoms with Crippen molar-refractivity contribution < 1.29 is 19.5 Å². The highest BCUT2D eigenvalue weighted by Crippen LogP contribution is 2.32. The molecule has 0 aromatic carbocycles. The third-order valence-electron chi connectivity index (χ3n) is 3.13. The number of carboxylic acids is 1. The second-order valence-corrected chi connectivity index (χ2v) is 4.17. The normalized spacial score (nSPS) is 30.8. The second-order valence-electron chi connectivity index (χ2n) is 4.17. The quantitative estimate of drug-likeness (QED) is 0.731. The fourth-order valence-corrected chi connectivity index (χ4v) is 2.25. The summed E-state index contributed by atoms with van der Waals surface area (Å²) in [5.41, 5.74) is 0. The first-order chi connectivity index (χ1) is 7.18. The molecule has 84 valence electrons. The summed E-state index contributed by atoms with van der Waals surface area (Å²) >= 11 is 0. The van der Waals surface area contributed by atoms with E-state index in [-0.39, 0.29) is 17.7 Å². The minimum absolute atomic E-state index is 0.0312. The Labute approximate surface area is 88.0 Å². The predicted molar refractivity (Wildman–Crippen MR) is 50.7 cm³/mol. The average molecular weight is 213 g/mol. The van der Waals surface area contributed by atoms with Gasteiger partial charge in [-0.05, 0) is 25.7 Å². The van der Waals surface area contributed by atoms with E-state index >= 15 is 0 Å². The lowest BCUT2D eigenvalue weighted by Gasteiger charge is -2.17. The zero-order valence-corrected chi connectivity index (χ0v) is 8.52. The minimum Gasteiger partial charge on any atom is -0.481 e. The van der Waals surface area contributed by atoms with Crippen molar-refractivity contribution in [2.75, 3.05) is 13.2 Å². The fourth-order valence-electron chi connectivity index (χ4n) is 2.25. The monoisotopic (exact) mass is 213 g/mol. The molecule has 0 aromatic rings. The van der Waals surface area contributed by atoms with Gasteiger partial charge in [0.05, 0.1) is 19.1 Å². The summed E-state index contributed by atoms with van der Waals surface area (Å²) in [6.07, 6.45) is 2.63. The molecule has 1 amide bonds. The zero-order valence-electron chi connectivity index (χ0n) is 8.52. The molecule has 0 bridgehead atoms. The van der Waals surface area contributed by atoms with Crippen molar-refractivity contribution in [1.82, 2.24) is 5.06 Å². The van der Waals surface area contributed by atoms with Crippen molar-refractivity contribution in [3.63, 3.8) is 0 Å². The van der Waals surface area contributed by atoms with Crippen LogP contribution in [0.25, 0.3) is 0 Å². The number of amides is 1. The van der Waals surface area contributed by atoms with Gasteiger partial charge in [0.15, 0.2) is 0 Å². The Morgan fingerprint density at radius 1 is 1.27 bits per heavy atom. The van der Waals surface area contributed by atoms with Crippen molar-refractivity contribution in [1.29, 1.82) is 0 Å². The first-order valence-corrected chi connectivity index (χ1v) is 5.35. The predicted octanol–water partition coefficient (Wildman–Crippen LogP) is 0.651. The molecule has 2 unspecified atom stereocenters. The number of hydrogen-bond donors (Lipinski definition) is 1. The lowest BCUT2D eigenvalue weighted by Crippen LogP contribution is -2.32. The van der Waals surface area contributed by atoms with Crippen molar-refractivity contribution >= 4 is 11.9 Å². The van der Waals surface area contributed by atoms with Crippen LogP contribution < -0.4 is 0 Å². The van der Waals surface area contributed by atoms with Crippen LogP contribution in [0.4, 0.5) is 0 Å². The van der Waals surface area contributed by atoms with Gasteiger partial charge in [-0.25, -0.2) is 5.06 Å². The molecule has 1 aliphatic carbocycles. The first kappa shape index (κ1) is 10.4. The van der Waals surface area contributed by atoms with Gasteiger partial charge in [0.25, 0.3) is 0 Å². The number of rotatable bonds is 2. The standard InChI is InChI=1S/C10H15NO4/c12-9(11-4-1-5-15-11)7-2-3-8(6-7)10(13)14/h7-8H,1-6H2,(H,13,14). The largest absolute Gasteiger partial charge is 0.481 e. The summed E-state index contributed by atoms with van der Waals surface area (Å²) < 4.78 is 0. The molecule has 1 heterocycles. The van der Waals surface area contributed by atoms with Gasteiger partial charge >= 0.3 is 5.97 Å². The lowest BCUT2D eigenvalue weighted by molar-refractivity contribution is -0.173. The number of aliphatic carboxylic acids is 1. The average Bonchev–Trinajstić information content (AvgIpc) is 2.88. The number of hydrogen-bond acceptors (Lipinski definition) is 3. The third-order valence-corrected chi connectivity index (χ3v) is 3.13. The maximum atomic E-state index is 11.8. The molecule has 2 aliphatic rings. The molecule has 2 atom stereocenters. The Morgan fingerprint density at radius 2 is 2.00 bits per heavy atom. The number of hydroxylamine groups is 2. The maximum Gasteiger partial charge on any atom is 0.306 e. The van der Waals surface area contributed by atoms with Gasteiger partial charge in [0.1, 0.15) is 0 Å². The van der Waals surface area contributed by atoms with Crippen LogP contribution in [0.2, 0.25) is 0 Å². The highest BCUT2D eigenvalue weighted by atomic mass is 16.7. The summed E-state index contributed by atoms with van der Waals surface area (Å²) in [7, 11) is 0. The number of carbonyl (C=O) groups excluding carboxylic acids is 1. The van der Waals surface area contributed by atoms with E-state index in [1.165, 1.54) is 5.06 Å². The smallest absolute Gasteiger partial charge is 0.306 e. The van der Waals surface area contributed by atoms with Crippen LogP contribution in [0, 0.1) is 11.8 Å². The molecule has 0 spiro atoms. The van der Waals surface area contributed by atoms with Crippen LogP contribution >= 0.6 is 0 Å². The molecule has 1 N–H and O–H groups in total. The van der Waals surface area contributed by atoms with Crippen LogP contribution in [0.3, 0.4) is 0 Å². The molecule has 2 rings (SSSR count). The van der Waals surface area contributed by atoms with Gasteiger partial charge < -0.3 is 5.11 Å². The van der Waals surface area contributed by atoms with E-state index in [0.717, 1.165) is 6.42 Å². The van der Waals surface area contributed by atoms with Gasteiger partial charge in [0.2, 0.25) is 5.91 Å². The molecule has 1 saturated heterocycles. The number of carboxylic acid groups (broad SMARTS) is 1. The van der Waals surface area contributed by atoms with Crippen LogP contribution in [0.15, 0.2) is 0 Å². The van der Waals surface area contributed by atoms with E-state index in [9.17, 15) is 9.59 Å². The highest BCUT2D eigenvalue weighted by Gasteiger charge is 2.36. The Hall–Kier alpha value is -1.10. The minimum atomic E-state index is -0.785. The molecule has 1 aliphatic heterocycles. The highest BCUT2D eigenvalue weighted by molar-refractivity contribution is 5.80. The van der Waals surface area contributed by atoms with Crippen LogP contribution in [-0.2, 0) is 14.4 Å². The summed E-state index contributed by atoms with van der Waals surface area (Å²) in [6.45, 7) is 1.24. The van der Waals surface area contributed by atoms with Crippen LogP contribution in [-0.4, -0.2) is 35.2 Å². The SMILES string of the molecule is O=C(O)C1CCC(C(=O)N2CCCO2)C1. The summed E-state index contributed by atoms with van der Waals surface area (Å²) in [5.74, 6) is -1.31. The molecule has 5 heteroatoms. The van der Waals surface area contributed by atoms with Crippen molar-refractivity contribution in [2.24, 2.45) is 11.8 Å². The third kappa shape index (κ3) is 2.12. The Balaban J connectivity index is 1.89. The fraction of sp³-hybridized carbons (Fsp3) is 0.800. The zero-order chi connectivity index (χ0) is 10.8. The van der Waals surface area contributed by atoms with Gasteiger partial charge in [-0.1, -0.05) is 0 Å². The van der Waals surface area contributed by atoms with Crippen molar-refractivity contribution in [2.45, 2.75) is 25.7 Å². The molecule has 5 nitrogen and oxygen atoms in total. The van der Waals surface area contributed by atoms with Crippen LogP contribution in [0.5, 0.6) is 0 Å².